The zero-order chi connectivity index (χ0) is 35.5. The fourth-order valence-corrected chi connectivity index (χ4v) is 7.55. The van der Waals surface area contributed by atoms with Crippen LogP contribution in [-0.4, -0.2) is 59.1 Å². The van der Waals surface area contributed by atoms with E-state index in [2.05, 4.69) is 15.3 Å². The molecule has 1 saturated heterocycles. The number of sulfone groups is 1. The zero-order valence-electron chi connectivity index (χ0n) is 28.5. The van der Waals surface area contributed by atoms with Gasteiger partial charge in [0.1, 0.15) is 17.2 Å². The molecule has 0 bridgehead atoms. The second-order valence-electron chi connectivity index (χ2n) is 13.5. The lowest BCUT2D eigenvalue weighted by Crippen LogP contribution is -2.47. The third-order valence-electron chi connectivity index (χ3n) is 8.32. The average molecular weight is 698 g/mol. The van der Waals surface area contributed by atoms with E-state index in [9.17, 15) is 17.6 Å². The van der Waals surface area contributed by atoms with E-state index in [4.69, 9.17) is 14.5 Å². The van der Waals surface area contributed by atoms with Gasteiger partial charge in [0.25, 0.3) is 0 Å². The molecule has 10 nitrogen and oxygen atoms in total. The number of fused-ring (bicyclic) bond motifs is 1. The lowest BCUT2D eigenvalue weighted by Gasteiger charge is -2.34. The zero-order valence-corrected chi connectivity index (χ0v) is 29.3. The van der Waals surface area contributed by atoms with Crippen LogP contribution < -0.4 is 10.1 Å². The molecule has 50 heavy (non-hydrogen) atoms. The number of rotatable bonds is 9. The Bertz CT molecular complexity index is 2140. The van der Waals surface area contributed by atoms with Crippen molar-refractivity contribution in [3.63, 3.8) is 0 Å². The number of piperidine rings is 1. The summed E-state index contributed by atoms with van der Waals surface area (Å²) in [5.74, 6) is 0.0595. The quantitative estimate of drug-likeness (QED) is 0.164. The first kappa shape index (κ1) is 34.8. The van der Waals surface area contributed by atoms with Crippen LogP contribution in [0.1, 0.15) is 50.3 Å². The largest absolute Gasteiger partial charge is 0.444 e. The van der Waals surface area contributed by atoms with Gasteiger partial charge in [0.2, 0.25) is 11.8 Å². The Hall–Kier alpha value is -5.10. The van der Waals surface area contributed by atoms with E-state index in [0.717, 1.165) is 23.8 Å². The van der Waals surface area contributed by atoms with Crippen molar-refractivity contribution < 1.29 is 27.1 Å². The van der Waals surface area contributed by atoms with Crippen molar-refractivity contribution in [3.05, 3.63) is 108 Å². The molecule has 3 aromatic carbocycles. The van der Waals surface area contributed by atoms with Gasteiger partial charge in [-0.2, -0.15) is 0 Å². The van der Waals surface area contributed by atoms with Crippen molar-refractivity contribution >= 4 is 32.7 Å². The Kier molecular flexibility index (Phi) is 10.0. The summed E-state index contributed by atoms with van der Waals surface area (Å²) in [6.45, 7) is 8.56. The van der Waals surface area contributed by atoms with Gasteiger partial charge in [0.15, 0.2) is 9.84 Å². The number of hydrogen-bond donors (Lipinski definition) is 1. The van der Waals surface area contributed by atoms with E-state index in [1.165, 1.54) is 18.2 Å². The summed E-state index contributed by atoms with van der Waals surface area (Å²) in [5, 5.41) is 4.81. The van der Waals surface area contributed by atoms with Gasteiger partial charge in [-0.15, -0.1) is 0 Å². The molecule has 1 amide bonds. The van der Waals surface area contributed by atoms with E-state index in [1.54, 1.807) is 47.6 Å². The van der Waals surface area contributed by atoms with Crippen LogP contribution in [0.15, 0.2) is 85.2 Å². The molecule has 260 valence electrons. The number of likely N-dealkylation sites (tertiary alicyclic amines) is 1. The first-order valence-electron chi connectivity index (χ1n) is 16.5. The van der Waals surface area contributed by atoms with Crippen molar-refractivity contribution in [2.24, 2.45) is 0 Å². The minimum Gasteiger partial charge on any atom is -0.444 e. The third kappa shape index (κ3) is 8.36. The van der Waals surface area contributed by atoms with Crippen LogP contribution in [0, 0.1) is 12.7 Å². The number of hydrogen-bond acceptors (Lipinski definition) is 9. The molecule has 1 fully saturated rings. The molecular formula is C38H40FN5O5S. The number of carbonyl (C=O) groups is 1. The first-order valence-corrected chi connectivity index (χ1v) is 18.3. The summed E-state index contributed by atoms with van der Waals surface area (Å²) in [7, 11) is -3.69. The van der Waals surface area contributed by atoms with Crippen LogP contribution in [-0.2, 0) is 26.1 Å². The van der Waals surface area contributed by atoms with Gasteiger partial charge in [-0.1, -0.05) is 48.5 Å². The molecule has 0 aliphatic carbocycles. The van der Waals surface area contributed by atoms with Crippen molar-refractivity contribution in [2.75, 3.05) is 18.4 Å². The summed E-state index contributed by atoms with van der Waals surface area (Å²) in [6, 6.07) is 20.5. The number of nitrogens with zero attached hydrogens (tertiary/aromatic N) is 4. The fraction of sp³-hybridized carbons (Fsp3) is 0.316. The number of amides is 1. The number of ether oxygens (including phenoxy) is 2. The summed E-state index contributed by atoms with van der Waals surface area (Å²) in [6.07, 6.45) is 4.62. The van der Waals surface area contributed by atoms with Gasteiger partial charge in [0, 0.05) is 42.5 Å². The molecule has 1 atom stereocenters. The lowest BCUT2D eigenvalue weighted by atomic mass is 10.0. The first-order chi connectivity index (χ1) is 23.8. The van der Waals surface area contributed by atoms with Gasteiger partial charge < -0.3 is 19.7 Å². The third-order valence-corrected chi connectivity index (χ3v) is 9.82. The van der Waals surface area contributed by atoms with Crippen molar-refractivity contribution in [1.29, 1.82) is 0 Å². The van der Waals surface area contributed by atoms with Crippen LogP contribution in [0.25, 0.3) is 22.0 Å². The summed E-state index contributed by atoms with van der Waals surface area (Å²) < 4.78 is 52.8. The Morgan fingerprint density at radius 3 is 2.52 bits per heavy atom. The molecule has 1 N–H and O–H groups in total. The van der Waals surface area contributed by atoms with E-state index >= 15 is 0 Å². The molecular weight excluding hydrogens is 658 g/mol. The minimum atomic E-state index is -3.69. The second-order valence-corrected chi connectivity index (χ2v) is 15.5. The molecule has 3 heterocycles. The molecule has 5 aromatic rings. The highest BCUT2D eigenvalue weighted by atomic mass is 32.2. The SMILES string of the molecule is Cc1ccc2c(CS(=O)(=O)Cc3ccccc3F)cccc2c1Oc1ncccc1-c1ccnc(N[C@H]2CCCN(C(=O)OC(C)(C)C)C2)n1. The lowest BCUT2D eigenvalue weighted by molar-refractivity contribution is 0.0206. The van der Waals surface area contributed by atoms with E-state index in [0.29, 0.717) is 52.9 Å². The summed E-state index contributed by atoms with van der Waals surface area (Å²) >= 11 is 0. The van der Waals surface area contributed by atoms with Crippen LogP contribution in [0.4, 0.5) is 15.1 Å². The minimum absolute atomic E-state index is 0.0563. The maximum absolute atomic E-state index is 14.3. The summed E-state index contributed by atoms with van der Waals surface area (Å²) in [5.41, 5.74) is 2.21. The number of aryl methyl sites for hydroxylation is 1. The Balaban J connectivity index is 1.24. The Labute approximate surface area is 291 Å². The summed E-state index contributed by atoms with van der Waals surface area (Å²) in [4.78, 5) is 28.2. The van der Waals surface area contributed by atoms with Gasteiger partial charge in [-0.3, -0.25) is 0 Å². The number of halogens is 1. The van der Waals surface area contributed by atoms with E-state index < -0.39 is 27.0 Å². The number of anilines is 1. The van der Waals surface area contributed by atoms with Crippen molar-refractivity contribution in [1.82, 2.24) is 19.9 Å². The predicted molar refractivity (Wildman–Crippen MR) is 191 cm³/mol. The van der Waals surface area contributed by atoms with Gasteiger partial charge >= 0.3 is 6.09 Å². The van der Waals surface area contributed by atoms with Crippen LogP contribution in [0.3, 0.4) is 0 Å². The highest BCUT2D eigenvalue weighted by molar-refractivity contribution is 7.89. The van der Waals surface area contributed by atoms with Gasteiger partial charge in [0.05, 0.1) is 22.8 Å². The molecule has 6 rings (SSSR count). The number of aromatic nitrogens is 3. The van der Waals surface area contributed by atoms with Gasteiger partial charge in [-0.05, 0) is 81.3 Å². The molecule has 0 radical (unpaired) electrons. The van der Waals surface area contributed by atoms with Gasteiger partial charge in [-0.25, -0.2) is 32.6 Å². The molecule has 1 aliphatic heterocycles. The van der Waals surface area contributed by atoms with Crippen LogP contribution in [0.2, 0.25) is 0 Å². The van der Waals surface area contributed by atoms with E-state index in [-0.39, 0.29) is 23.5 Å². The van der Waals surface area contributed by atoms with Crippen molar-refractivity contribution in [2.45, 2.75) is 63.7 Å². The maximum atomic E-state index is 14.3. The Morgan fingerprint density at radius 2 is 1.72 bits per heavy atom. The van der Waals surface area contributed by atoms with E-state index in [1.807, 2.05) is 52.0 Å². The highest BCUT2D eigenvalue weighted by Gasteiger charge is 2.28. The normalized spacial score (nSPS) is 15.1. The maximum Gasteiger partial charge on any atom is 0.410 e. The number of carbonyl (C=O) groups excluding carboxylic acids is 1. The topological polar surface area (TPSA) is 124 Å². The average Bonchev–Trinajstić information content (AvgIpc) is 3.07. The monoisotopic (exact) mass is 697 g/mol. The number of pyridine rings is 1. The molecule has 0 spiro atoms. The molecule has 0 unspecified atom stereocenters. The molecule has 1 aliphatic rings. The second kappa shape index (κ2) is 14.4. The highest BCUT2D eigenvalue weighted by Crippen LogP contribution is 2.38. The predicted octanol–water partition coefficient (Wildman–Crippen LogP) is 7.86. The fourth-order valence-electron chi connectivity index (χ4n) is 6.02. The molecule has 2 aromatic heterocycles. The number of nitrogens with one attached hydrogen (secondary N) is 1. The van der Waals surface area contributed by atoms with Crippen molar-refractivity contribution in [3.8, 4) is 22.9 Å². The van der Waals surface area contributed by atoms with Crippen LogP contribution in [0.5, 0.6) is 11.6 Å². The standard InChI is InChI=1S/C38H40FN5O5S/c1-25-16-17-29-26(23-50(46,47)24-27-10-5-6-15-32(27)39)11-7-13-30(29)34(25)48-35-31(14-8-19-40-35)33-18-20-41-36(43-33)42-28-12-9-21-44(22-28)37(45)49-38(2,3)4/h5-8,10-11,13-20,28H,9,12,21-24H2,1-4H3,(H,41,42,43)/t28-/m0/s1. The number of benzene rings is 3. The smallest absolute Gasteiger partial charge is 0.410 e. The molecule has 0 saturated carbocycles. The van der Waals surface area contributed by atoms with Crippen LogP contribution >= 0.6 is 0 Å². The Morgan fingerprint density at radius 1 is 0.940 bits per heavy atom. The molecule has 12 heteroatoms.